The molecule has 0 saturated heterocycles. The van der Waals surface area contributed by atoms with Gasteiger partial charge >= 0.3 is 0 Å². The van der Waals surface area contributed by atoms with E-state index in [0.29, 0.717) is 23.3 Å². The van der Waals surface area contributed by atoms with Gasteiger partial charge in [0.05, 0.1) is 24.5 Å². The summed E-state index contributed by atoms with van der Waals surface area (Å²) in [7, 11) is 1.68. The molecule has 0 unspecified atom stereocenters. The summed E-state index contributed by atoms with van der Waals surface area (Å²) in [6.07, 6.45) is 9.30. The van der Waals surface area contributed by atoms with E-state index in [1.165, 1.54) is 16.0 Å². The Morgan fingerprint density at radius 3 is 1.88 bits per heavy atom. The highest BCUT2D eigenvalue weighted by Gasteiger charge is 2.03. The van der Waals surface area contributed by atoms with E-state index in [1.54, 1.807) is 13.3 Å². The molecule has 0 amide bonds. The lowest BCUT2D eigenvalue weighted by molar-refractivity contribution is 0.414. The first-order valence-corrected chi connectivity index (χ1v) is 15.1. The number of hydrogen-bond acceptors (Lipinski definition) is 5. The molecule has 0 radical (unpaired) electrons. The number of pyridine rings is 1. The van der Waals surface area contributed by atoms with Crippen LogP contribution in [0.15, 0.2) is 103 Å². The Kier molecular flexibility index (Phi) is 14.7. The van der Waals surface area contributed by atoms with Crippen LogP contribution >= 0.6 is 11.8 Å². The number of rotatable bonds is 6. The Morgan fingerprint density at radius 1 is 0.732 bits per heavy atom. The molecule has 220 valence electrons. The smallest absolute Gasteiger partial charge is 0.118 e. The summed E-state index contributed by atoms with van der Waals surface area (Å²) in [5, 5.41) is 4.69. The van der Waals surface area contributed by atoms with Crippen molar-refractivity contribution in [2.45, 2.75) is 83.5 Å². The Hall–Kier alpha value is -3.58. The highest BCUT2D eigenvalue weighted by Crippen LogP contribution is 2.21. The number of thioether (sulfide) groups is 1. The molecule has 0 aliphatic heterocycles. The fourth-order valence-electron chi connectivity index (χ4n) is 3.65. The topological polar surface area (TPSA) is 57.8 Å². The first kappa shape index (κ1) is 33.6. The van der Waals surface area contributed by atoms with Crippen molar-refractivity contribution in [2.75, 3.05) is 7.11 Å². The van der Waals surface area contributed by atoms with Crippen LogP contribution < -0.4 is 4.74 Å². The zero-order valence-corrected chi connectivity index (χ0v) is 26.9. The van der Waals surface area contributed by atoms with Gasteiger partial charge in [-0.1, -0.05) is 52.0 Å². The largest absolute Gasteiger partial charge is 0.497 e. The molecule has 0 aliphatic rings. The monoisotopic (exact) mass is 573 g/mol. The van der Waals surface area contributed by atoms with Gasteiger partial charge < -0.3 is 9.30 Å². The molecule has 3 aromatic heterocycles. The molecule has 0 saturated carbocycles. The van der Waals surface area contributed by atoms with Gasteiger partial charge in [-0.15, -0.1) is 11.8 Å². The summed E-state index contributed by atoms with van der Waals surface area (Å²) in [6, 6.07) is 23.4. The minimum absolute atomic E-state index is 0.484. The molecular weight excluding hydrogens is 526 g/mol. The third kappa shape index (κ3) is 12.2. The second-order valence-electron chi connectivity index (χ2n) is 10.6. The lowest BCUT2D eigenvalue weighted by Gasteiger charge is -2.06. The van der Waals surface area contributed by atoms with Crippen molar-refractivity contribution in [3.8, 4) is 5.75 Å². The van der Waals surface area contributed by atoms with Gasteiger partial charge in [0.2, 0.25) is 0 Å². The van der Waals surface area contributed by atoms with Crippen LogP contribution in [0.25, 0.3) is 11.0 Å². The number of ether oxygens (including phenoxy) is 1. The molecule has 0 atom stereocenters. The molecule has 0 aliphatic carbocycles. The summed E-state index contributed by atoms with van der Waals surface area (Å²) in [4.78, 5) is 9.54. The summed E-state index contributed by atoms with van der Waals surface area (Å²) < 4.78 is 9.14. The van der Waals surface area contributed by atoms with Crippen molar-refractivity contribution in [2.24, 2.45) is 0 Å². The van der Waals surface area contributed by atoms with Gasteiger partial charge in [-0.05, 0) is 81.6 Å². The fraction of sp³-hybridized carbons (Fsp3) is 0.382. The van der Waals surface area contributed by atoms with Crippen molar-refractivity contribution in [1.29, 1.82) is 0 Å². The predicted octanol–water partition coefficient (Wildman–Crippen LogP) is 9.48. The lowest BCUT2D eigenvalue weighted by atomic mass is 10.0. The first-order chi connectivity index (χ1) is 19.6. The average molecular weight is 574 g/mol. The molecule has 5 aromatic rings. The predicted molar refractivity (Wildman–Crippen MR) is 175 cm³/mol. The van der Waals surface area contributed by atoms with Crippen LogP contribution in [-0.4, -0.2) is 36.7 Å². The first-order valence-electron chi connectivity index (χ1n) is 14.2. The zero-order chi connectivity index (χ0) is 30.2. The Labute approximate surface area is 251 Å². The van der Waals surface area contributed by atoms with Crippen molar-refractivity contribution in [3.63, 3.8) is 0 Å². The summed E-state index contributed by atoms with van der Waals surface area (Å²) in [5.41, 5.74) is 3.64. The van der Waals surface area contributed by atoms with Crippen LogP contribution in [-0.2, 0) is 0 Å². The van der Waals surface area contributed by atoms with Crippen molar-refractivity contribution >= 4 is 22.8 Å². The van der Waals surface area contributed by atoms with Crippen LogP contribution in [0.2, 0.25) is 0 Å². The summed E-state index contributed by atoms with van der Waals surface area (Å²) >= 11 is 1.86. The number of methoxy groups -OCH3 is 1. The van der Waals surface area contributed by atoms with E-state index in [0.717, 1.165) is 11.3 Å². The van der Waals surface area contributed by atoms with E-state index in [4.69, 9.17) is 4.74 Å². The minimum Gasteiger partial charge on any atom is -0.497 e. The molecule has 2 aromatic carbocycles. The van der Waals surface area contributed by atoms with Crippen LogP contribution in [0.4, 0.5) is 0 Å². The molecule has 3 heterocycles. The number of nitrogens with zero attached hydrogens (tertiary/aromatic N) is 5. The second-order valence-corrected chi connectivity index (χ2v) is 12.2. The Morgan fingerprint density at radius 2 is 1.39 bits per heavy atom. The van der Waals surface area contributed by atoms with Gasteiger partial charge in [-0.25, -0.2) is 4.98 Å². The van der Waals surface area contributed by atoms with Crippen molar-refractivity contribution in [3.05, 3.63) is 103 Å². The number of imidazole rings is 1. The number of aromatic nitrogens is 5. The standard InChI is InChI=1S/C10H12N2.C10H14O.C8H11NS.C6H10N2/c1-8(2)12-7-11-9-5-3-4-6-10(9)12;1-8(2)9-4-6-10(11-3)7-5-9;1-7(2)10-8-3-5-9-6-4-8;1-6(2)8-5-3-4-7-8/h3-8H,1-2H3;4-8H,1-3H3;3-7H,1-2H3;3-6H,1-2H3. The maximum atomic E-state index is 5.05. The quantitative estimate of drug-likeness (QED) is 0.189. The Balaban J connectivity index is 0.000000193. The average Bonchev–Trinajstić information content (AvgIpc) is 3.65. The van der Waals surface area contributed by atoms with E-state index in [-0.39, 0.29) is 0 Å². The molecule has 0 fully saturated rings. The number of para-hydroxylation sites is 2. The van der Waals surface area contributed by atoms with Gasteiger partial charge in [0, 0.05) is 47.0 Å². The molecule has 7 heteroatoms. The van der Waals surface area contributed by atoms with Gasteiger partial charge in [-0.3, -0.25) is 9.67 Å². The molecule has 5 rings (SSSR count). The molecule has 0 N–H and O–H groups in total. The van der Waals surface area contributed by atoms with E-state index in [1.807, 2.05) is 89.9 Å². The normalized spacial score (nSPS) is 10.6. The SMILES string of the molecule is CC(C)Sc1ccncc1.CC(C)n1cccn1.CC(C)n1cnc2ccccc21.COc1ccc(C(C)C)cc1. The van der Waals surface area contributed by atoms with E-state index in [9.17, 15) is 0 Å². The summed E-state index contributed by atoms with van der Waals surface area (Å²) in [5.74, 6) is 1.52. The van der Waals surface area contributed by atoms with Crippen molar-refractivity contribution in [1.82, 2.24) is 24.3 Å². The van der Waals surface area contributed by atoms with Crippen LogP contribution in [0, 0.1) is 0 Å². The third-order valence-corrected chi connectivity index (χ3v) is 6.91. The third-order valence-electron chi connectivity index (χ3n) is 5.90. The highest BCUT2D eigenvalue weighted by molar-refractivity contribution is 7.99. The fourth-order valence-corrected chi connectivity index (χ4v) is 4.48. The second kappa shape index (κ2) is 18.0. The molecular formula is C34H47N5OS. The number of hydrogen-bond donors (Lipinski definition) is 0. The highest BCUT2D eigenvalue weighted by atomic mass is 32.2. The maximum absolute atomic E-state index is 5.05. The summed E-state index contributed by atoms with van der Waals surface area (Å²) in [6.45, 7) is 17.3. The number of benzene rings is 2. The van der Waals surface area contributed by atoms with Gasteiger partial charge in [-0.2, -0.15) is 5.10 Å². The van der Waals surface area contributed by atoms with Crippen LogP contribution in [0.3, 0.4) is 0 Å². The molecule has 6 nitrogen and oxygen atoms in total. The zero-order valence-electron chi connectivity index (χ0n) is 26.1. The number of fused-ring (bicyclic) bond motifs is 1. The van der Waals surface area contributed by atoms with E-state index < -0.39 is 0 Å². The molecule has 0 spiro atoms. The Bertz CT molecular complexity index is 1350. The van der Waals surface area contributed by atoms with Gasteiger partial charge in [0.15, 0.2) is 0 Å². The van der Waals surface area contributed by atoms with Gasteiger partial charge in [0.1, 0.15) is 5.75 Å². The van der Waals surface area contributed by atoms with E-state index in [2.05, 4.69) is 93.2 Å². The van der Waals surface area contributed by atoms with Crippen LogP contribution in [0.5, 0.6) is 5.75 Å². The van der Waals surface area contributed by atoms with E-state index >= 15 is 0 Å². The maximum Gasteiger partial charge on any atom is 0.118 e. The molecule has 41 heavy (non-hydrogen) atoms. The minimum atomic E-state index is 0.484. The van der Waals surface area contributed by atoms with Crippen LogP contribution in [0.1, 0.15) is 79.0 Å². The van der Waals surface area contributed by atoms with Gasteiger partial charge in [0.25, 0.3) is 0 Å². The lowest BCUT2D eigenvalue weighted by Crippen LogP contribution is -1.99. The van der Waals surface area contributed by atoms with Crippen molar-refractivity contribution < 1.29 is 4.74 Å². The molecule has 0 bridgehead atoms.